The van der Waals surface area contributed by atoms with E-state index in [1.807, 2.05) is 5.92 Å². The molecule has 0 aromatic carbocycles. The van der Waals surface area contributed by atoms with Crippen molar-refractivity contribution in [2.24, 2.45) is 0 Å². The van der Waals surface area contributed by atoms with Gasteiger partial charge in [-0.1, -0.05) is 24.0 Å². The molecule has 0 saturated heterocycles. The third kappa shape index (κ3) is 5.95. The van der Waals surface area contributed by atoms with E-state index in [9.17, 15) is 4.39 Å². The van der Waals surface area contributed by atoms with Crippen molar-refractivity contribution in [3.05, 3.63) is 57.0 Å². The number of alkyl halides is 1. The first-order valence-electron chi connectivity index (χ1n) is 5.97. The van der Waals surface area contributed by atoms with Gasteiger partial charge in [0.2, 0.25) is 6.17 Å². The SMILES string of the molecule is C#CC(F)c1cccc(Br)n1.C#CC(O)c1cccc(Br)n1. The predicted molar refractivity (Wildman–Crippen MR) is 90.3 cm³/mol. The van der Waals surface area contributed by atoms with E-state index in [2.05, 4.69) is 47.7 Å². The van der Waals surface area contributed by atoms with Crippen LogP contribution in [0.15, 0.2) is 45.6 Å². The van der Waals surface area contributed by atoms with Crippen LogP contribution in [0.1, 0.15) is 23.7 Å². The van der Waals surface area contributed by atoms with Crippen molar-refractivity contribution in [1.29, 1.82) is 0 Å². The molecule has 22 heavy (non-hydrogen) atoms. The molecule has 2 aromatic heterocycles. The summed E-state index contributed by atoms with van der Waals surface area (Å²) in [5.74, 6) is 4.14. The number of halogens is 3. The second kappa shape index (κ2) is 9.32. The lowest BCUT2D eigenvalue weighted by Gasteiger charge is -2.01. The highest BCUT2D eigenvalue weighted by Crippen LogP contribution is 2.15. The number of terminal acetylenes is 2. The van der Waals surface area contributed by atoms with E-state index in [1.165, 1.54) is 0 Å². The van der Waals surface area contributed by atoms with Gasteiger partial charge in [-0.2, -0.15) is 0 Å². The molecule has 0 aliphatic carbocycles. The minimum absolute atomic E-state index is 0.266. The van der Waals surface area contributed by atoms with Crippen LogP contribution in [0.4, 0.5) is 4.39 Å². The molecular formula is C16H11Br2FN2O. The maximum atomic E-state index is 12.7. The smallest absolute Gasteiger partial charge is 0.202 e. The molecule has 2 rings (SSSR count). The molecular weight excluding hydrogens is 415 g/mol. The Bertz CT molecular complexity index is 648. The van der Waals surface area contributed by atoms with Crippen molar-refractivity contribution >= 4 is 31.9 Å². The molecule has 0 aliphatic heterocycles. The van der Waals surface area contributed by atoms with Crippen LogP contribution in [0.2, 0.25) is 0 Å². The van der Waals surface area contributed by atoms with Crippen molar-refractivity contribution in [2.45, 2.75) is 12.3 Å². The third-order valence-electron chi connectivity index (χ3n) is 2.32. The number of hydrogen-bond donors (Lipinski definition) is 1. The van der Waals surface area contributed by atoms with Gasteiger partial charge < -0.3 is 5.11 Å². The zero-order chi connectivity index (χ0) is 16.5. The van der Waals surface area contributed by atoms with Crippen molar-refractivity contribution in [2.75, 3.05) is 0 Å². The molecule has 2 atom stereocenters. The van der Waals surface area contributed by atoms with Crippen LogP contribution in [0, 0.1) is 24.7 Å². The van der Waals surface area contributed by atoms with Gasteiger partial charge in [0.05, 0.1) is 11.4 Å². The maximum absolute atomic E-state index is 12.7. The minimum atomic E-state index is -1.41. The first-order chi connectivity index (χ1) is 10.5. The van der Waals surface area contributed by atoms with Crippen LogP contribution in [0.3, 0.4) is 0 Å². The van der Waals surface area contributed by atoms with Crippen molar-refractivity contribution in [3.8, 4) is 24.7 Å². The fourth-order valence-electron chi connectivity index (χ4n) is 1.31. The molecule has 0 bridgehead atoms. The summed E-state index contributed by atoms with van der Waals surface area (Å²) >= 11 is 6.28. The summed E-state index contributed by atoms with van der Waals surface area (Å²) in [7, 11) is 0. The first-order valence-corrected chi connectivity index (χ1v) is 7.55. The number of pyridine rings is 2. The van der Waals surface area contributed by atoms with Gasteiger partial charge in [-0.05, 0) is 56.1 Å². The summed E-state index contributed by atoms with van der Waals surface area (Å²) in [6, 6.07) is 10.2. The molecule has 2 heterocycles. The van der Waals surface area contributed by atoms with Crippen molar-refractivity contribution < 1.29 is 9.50 Å². The van der Waals surface area contributed by atoms with Crippen LogP contribution in [0.5, 0.6) is 0 Å². The second-order valence-electron chi connectivity index (χ2n) is 3.87. The van der Waals surface area contributed by atoms with Gasteiger partial charge in [0.25, 0.3) is 0 Å². The summed E-state index contributed by atoms with van der Waals surface area (Å²) < 4.78 is 14.0. The minimum Gasteiger partial charge on any atom is -0.374 e. The third-order valence-corrected chi connectivity index (χ3v) is 3.20. The van der Waals surface area contributed by atoms with Gasteiger partial charge in [0, 0.05) is 0 Å². The zero-order valence-corrected chi connectivity index (χ0v) is 14.4. The fourth-order valence-corrected chi connectivity index (χ4v) is 2.03. The molecule has 2 unspecified atom stereocenters. The Morgan fingerprint density at radius 3 is 1.91 bits per heavy atom. The van der Waals surface area contributed by atoms with Crippen LogP contribution < -0.4 is 0 Å². The Balaban J connectivity index is 0.000000220. The number of nitrogens with zero attached hydrogens (tertiary/aromatic N) is 2. The zero-order valence-electron chi connectivity index (χ0n) is 11.2. The summed E-state index contributed by atoms with van der Waals surface area (Å²) in [4.78, 5) is 7.81. The number of aromatic nitrogens is 2. The number of aliphatic hydroxyl groups excluding tert-OH is 1. The van der Waals surface area contributed by atoms with Crippen molar-refractivity contribution in [3.63, 3.8) is 0 Å². The Morgan fingerprint density at radius 1 is 0.955 bits per heavy atom. The Morgan fingerprint density at radius 2 is 1.45 bits per heavy atom. The van der Waals surface area contributed by atoms with E-state index in [0.29, 0.717) is 14.9 Å². The summed E-state index contributed by atoms with van der Waals surface area (Å²) in [5, 5.41) is 9.13. The van der Waals surface area contributed by atoms with E-state index >= 15 is 0 Å². The molecule has 1 N–H and O–H groups in total. The number of aliphatic hydroxyl groups is 1. The summed E-state index contributed by atoms with van der Waals surface area (Å²) in [6.07, 6.45) is 7.55. The molecule has 2 aromatic rings. The van der Waals surface area contributed by atoms with Crippen molar-refractivity contribution in [1.82, 2.24) is 9.97 Å². The van der Waals surface area contributed by atoms with E-state index in [4.69, 9.17) is 18.0 Å². The maximum Gasteiger partial charge on any atom is 0.202 e. The molecule has 0 amide bonds. The monoisotopic (exact) mass is 424 g/mol. The van der Waals surface area contributed by atoms with E-state index in [0.717, 1.165) is 0 Å². The second-order valence-corrected chi connectivity index (χ2v) is 5.49. The highest BCUT2D eigenvalue weighted by Gasteiger charge is 2.06. The van der Waals surface area contributed by atoms with Gasteiger partial charge in [-0.25, -0.2) is 14.4 Å². The lowest BCUT2D eigenvalue weighted by Crippen LogP contribution is -1.96. The van der Waals surface area contributed by atoms with E-state index in [-0.39, 0.29) is 5.69 Å². The molecule has 0 fully saturated rings. The van der Waals surface area contributed by atoms with Crippen LogP contribution in [-0.4, -0.2) is 15.1 Å². The fraction of sp³-hybridized carbons (Fsp3) is 0.125. The number of rotatable bonds is 2. The van der Waals surface area contributed by atoms with Gasteiger partial charge in [-0.15, -0.1) is 12.8 Å². The highest BCUT2D eigenvalue weighted by molar-refractivity contribution is 9.10. The molecule has 112 valence electrons. The Labute approximate surface area is 145 Å². The summed E-state index contributed by atoms with van der Waals surface area (Å²) in [6.45, 7) is 0. The molecule has 0 saturated carbocycles. The topological polar surface area (TPSA) is 46.0 Å². The molecule has 0 spiro atoms. The van der Waals surface area contributed by atoms with Gasteiger partial charge in [0.15, 0.2) is 6.10 Å². The first kappa shape index (κ1) is 18.3. The lowest BCUT2D eigenvalue weighted by atomic mass is 10.2. The normalized spacial score (nSPS) is 12.1. The van der Waals surface area contributed by atoms with Gasteiger partial charge >= 0.3 is 0 Å². The molecule has 6 heteroatoms. The Kier molecular flexibility index (Phi) is 7.76. The average molecular weight is 426 g/mol. The molecule has 0 aliphatic rings. The summed E-state index contributed by atoms with van der Waals surface area (Å²) in [5.41, 5.74) is 0.753. The number of hydrogen-bond acceptors (Lipinski definition) is 3. The van der Waals surface area contributed by atoms with Crippen LogP contribution in [0.25, 0.3) is 0 Å². The highest BCUT2D eigenvalue weighted by atomic mass is 79.9. The molecule has 3 nitrogen and oxygen atoms in total. The quantitative estimate of drug-likeness (QED) is 0.584. The van der Waals surface area contributed by atoms with Gasteiger partial charge in [0.1, 0.15) is 9.21 Å². The Hall–Kier alpha value is -1.73. The van der Waals surface area contributed by atoms with Crippen LogP contribution in [-0.2, 0) is 0 Å². The van der Waals surface area contributed by atoms with Crippen LogP contribution >= 0.6 is 31.9 Å². The van der Waals surface area contributed by atoms with E-state index < -0.39 is 12.3 Å². The van der Waals surface area contributed by atoms with E-state index in [1.54, 1.807) is 36.4 Å². The van der Waals surface area contributed by atoms with Gasteiger partial charge in [-0.3, -0.25) is 0 Å². The largest absolute Gasteiger partial charge is 0.374 e. The standard InChI is InChI=1S/C8H5BrFN.C8H6BrNO/c1-2-6(10)7-4-3-5-8(9)11-7;1-2-7(11)6-4-3-5-8(9)10-6/h1,3-6H;1,3-5,7,11H. The average Bonchev–Trinajstić information content (AvgIpc) is 2.54. The molecule has 0 radical (unpaired) electrons. The predicted octanol–water partition coefficient (Wildman–Crippen LogP) is 4.00. The lowest BCUT2D eigenvalue weighted by molar-refractivity contribution is 0.233.